The molecule has 3 aromatic heterocycles. The second kappa shape index (κ2) is 9.03. The topological polar surface area (TPSA) is 94.5 Å². The Morgan fingerprint density at radius 3 is 2.43 bits per heavy atom. The van der Waals surface area contributed by atoms with Gasteiger partial charge in [-0.2, -0.15) is 14.6 Å². The maximum atomic E-state index is 13.3. The van der Waals surface area contributed by atoms with Crippen LogP contribution in [0.4, 0.5) is 0 Å². The lowest BCUT2D eigenvalue weighted by Crippen LogP contribution is -2.23. The lowest BCUT2D eigenvalue weighted by Gasteiger charge is -2.03. The minimum atomic E-state index is -0.243. The van der Waals surface area contributed by atoms with Gasteiger partial charge < -0.3 is 9.84 Å². The predicted molar refractivity (Wildman–Crippen MR) is 143 cm³/mol. The maximum Gasteiger partial charge on any atom is 0.291 e. The number of phenols is 1. The Bertz CT molecular complexity index is 1850. The largest absolute Gasteiger partial charge is 0.508 e. The Labute approximate surface area is 215 Å². The van der Waals surface area contributed by atoms with Crippen LogP contribution in [0.15, 0.2) is 83.8 Å². The maximum absolute atomic E-state index is 13.3. The molecule has 0 atom stereocenters. The van der Waals surface area contributed by atoms with Gasteiger partial charge in [0.1, 0.15) is 17.2 Å². The molecule has 0 saturated carbocycles. The quantitative estimate of drug-likeness (QED) is 0.375. The summed E-state index contributed by atoms with van der Waals surface area (Å²) in [5.41, 5.74) is 4.50. The van der Waals surface area contributed by atoms with Crippen molar-refractivity contribution in [3.05, 3.63) is 105 Å². The van der Waals surface area contributed by atoms with Gasteiger partial charge in [0.05, 0.1) is 17.3 Å². The van der Waals surface area contributed by atoms with E-state index in [9.17, 15) is 9.90 Å². The van der Waals surface area contributed by atoms with E-state index in [0.717, 1.165) is 33.7 Å². The molecule has 0 amide bonds. The molecule has 8 nitrogen and oxygen atoms in total. The molecule has 0 aliphatic heterocycles. The van der Waals surface area contributed by atoms with E-state index in [-0.39, 0.29) is 11.3 Å². The van der Waals surface area contributed by atoms with Crippen LogP contribution in [-0.4, -0.2) is 36.6 Å². The number of ether oxygens (including phenoxy) is 1. The van der Waals surface area contributed by atoms with E-state index in [1.54, 1.807) is 17.9 Å². The number of aromatic hydroxyl groups is 1. The number of nitrogens with zero attached hydrogens (tertiary/aromatic N) is 5. The van der Waals surface area contributed by atoms with Crippen molar-refractivity contribution >= 4 is 22.4 Å². The van der Waals surface area contributed by atoms with Crippen LogP contribution < -0.4 is 14.8 Å². The van der Waals surface area contributed by atoms with E-state index in [1.165, 1.54) is 15.9 Å². The monoisotopic (exact) mass is 507 g/mol. The number of thiazole rings is 1. The second-order valence-electron chi connectivity index (χ2n) is 8.49. The van der Waals surface area contributed by atoms with Crippen molar-refractivity contribution < 1.29 is 9.84 Å². The Kier molecular flexibility index (Phi) is 5.54. The molecule has 0 bridgehead atoms. The first-order valence-corrected chi connectivity index (χ1v) is 12.3. The number of benzene rings is 3. The number of hydrogen-bond acceptors (Lipinski definition) is 7. The van der Waals surface area contributed by atoms with Gasteiger partial charge in [0.15, 0.2) is 5.82 Å². The lowest BCUT2D eigenvalue weighted by molar-refractivity contribution is 0.415. The summed E-state index contributed by atoms with van der Waals surface area (Å²) in [5.74, 6) is 1.44. The number of methoxy groups -OCH3 is 1. The molecule has 0 radical (unpaired) electrons. The Morgan fingerprint density at radius 1 is 0.973 bits per heavy atom. The molecule has 0 saturated heterocycles. The predicted octanol–water partition coefficient (Wildman–Crippen LogP) is 4.24. The van der Waals surface area contributed by atoms with Crippen LogP contribution in [0.5, 0.6) is 11.5 Å². The van der Waals surface area contributed by atoms with Gasteiger partial charge in [0.2, 0.25) is 4.96 Å². The van der Waals surface area contributed by atoms with Crippen molar-refractivity contribution in [1.29, 1.82) is 0 Å². The molecule has 6 rings (SSSR count). The number of para-hydroxylation sites is 1. The summed E-state index contributed by atoms with van der Waals surface area (Å²) in [6, 6.07) is 22.5. The van der Waals surface area contributed by atoms with Gasteiger partial charge in [-0.1, -0.05) is 29.5 Å². The van der Waals surface area contributed by atoms with Gasteiger partial charge in [-0.05, 0) is 73.2 Å². The van der Waals surface area contributed by atoms with E-state index in [0.29, 0.717) is 21.0 Å². The standard InChI is InChI=1S/C28H21N5O3S/c1-17-14-19(10-13-23(17)34)25-20(16-32(30-25)21-6-4-3-5-7-21)15-24-27(35)33-28(37-24)29-26(31-33)18-8-11-22(36-2)12-9-18/h3-16,34H,1-2H3/b24-15-. The molecule has 3 heterocycles. The molecule has 182 valence electrons. The molecular formula is C28H21N5O3S. The smallest absolute Gasteiger partial charge is 0.291 e. The van der Waals surface area contributed by atoms with Crippen LogP contribution >= 0.6 is 11.3 Å². The first-order valence-electron chi connectivity index (χ1n) is 11.5. The third kappa shape index (κ3) is 4.15. The zero-order valence-corrected chi connectivity index (χ0v) is 20.8. The number of aryl methyl sites for hydroxylation is 1. The molecule has 1 N–H and O–H groups in total. The highest BCUT2D eigenvalue weighted by atomic mass is 32.1. The number of phenolic OH excluding ortho intramolecular Hbond substituents is 1. The normalized spacial score (nSPS) is 11.9. The lowest BCUT2D eigenvalue weighted by atomic mass is 10.0. The number of aromatic nitrogens is 5. The second-order valence-corrected chi connectivity index (χ2v) is 9.50. The Balaban J connectivity index is 1.47. The average Bonchev–Trinajstić information content (AvgIpc) is 3.61. The van der Waals surface area contributed by atoms with Gasteiger partial charge >= 0.3 is 0 Å². The van der Waals surface area contributed by atoms with Crippen LogP contribution in [-0.2, 0) is 0 Å². The summed E-state index contributed by atoms with van der Waals surface area (Å²) in [5, 5.41) is 19.3. The van der Waals surface area contributed by atoms with Gasteiger partial charge in [0, 0.05) is 22.9 Å². The van der Waals surface area contributed by atoms with Gasteiger partial charge in [-0.15, -0.1) is 5.10 Å². The molecule has 0 spiro atoms. The van der Waals surface area contributed by atoms with Crippen molar-refractivity contribution in [3.63, 3.8) is 0 Å². The molecule has 0 fully saturated rings. The first-order chi connectivity index (χ1) is 18.0. The minimum absolute atomic E-state index is 0.219. The van der Waals surface area contributed by atoms with E-state index >= 15 is 0 Å². The third-order valence-electron chi connectivity index (χ3n) is 6.05. The molecule has 6 aromatic rings. The molecule has 37 heavy (non-hydrogen) atoms. The van der Waals surface area contributed by atoms with Gasteiger partial charge in [0.25, 0.3) is 5.56 Å². The van der Waals surface area contributed by atoms with Crippen LogP contribution in [0.1, 0.15) is 11.1 Å². The van der Waals surface area contributed by atoms with Gasteiger partial charge in [-0.3, -0.25) is 4.79 Å². The van der Waals surface area contributed by atoms with E-state index in [4.69, 9.17) is 9.84 Å². The molecular weight excluding hydrogens is 486 g/mol. The van der Waals surface area contributed by atoms with E-state index in [2.05, 4.69) is 10.1 Å². The van der Waals surface area contributed by atoms with Crippen molar-refractivity contribution in [1.82, 2.24) is 24.4 Å². The molecule has 0 aliphatic carbocycles. The minimum Gasteiger partial charge on any atom is -0.508 e. The Hall–Kier alpha value is -4.76. The van der Waals surface area contributed by atoms with E-state index < -0.39 is 0 Å². The van der Waals surface area contributed by atoms with Crippen LogP contribution in [0.25, 0.3) is 39.4 Å². The van der Waals surface area contributed by atoms with Crippen LogP contribution in [0.2, 0.25) is 0 Å². The fraction of sp³-hybridized carbons (Fsp3) is 0.0714. The molecule has 0 aliphatic rings. The number of fused-ring (bicyclic) bond motifs is 1. The van der Waals surface area contributed by atoms with Crippen molar-refractivity contribution in [2.75, 3.05) is 7.11 Å². The van der Waals surface area contributed by atoms with Gasteiger partial charge in [-0.25, -0.2) is 4.68 Å². The zero-order chi connectivity index (χ0) is 25.5. The highest BCUT2D eigenvalue weighted by Gasteiger charge is 2.15. The highest BCUT2D eigenvalue weighted by molar-refractivity contribution is 7.15. The van der Waals surface area contributed by atoms with Crippen molar-refractivity contribution in [2.24, 2.45) is 0 Å². The van der Waals surface area contributed by atoms with Crippen molar-refractivity contribution in [3.8, 4) is 39.8 Å². The summed E-state index contributed by atoms with van der Waals surface area (Å²) in [7, 11) is 1.61. The fourth-order valence-electron chi connectivity index (χ4n) is 4.07. The summed E-state index contributed by atoms with van der Waals surface area (Å²) < 4.78 is 8.83. The zero-order valence-electron chi connectivity index (χ0n) is 20.0. The summed E-state index contributed by atoms with van der Waals surface area (Å²) in [6.45, 7) is 1.84. The fourth-order valence-corrected chi connectivity index (χ4v) is 4.97. The summed E-state index contributed by atoms with van der Waals surface area (Å²) in [6.07, 6.45) is 3.71. The molecule has 0 unspecified atom stereocenters. The summed E-state index contributed by atoms with van der Waals surface area (Å²) >= 11 is 1.28. The first kappa shape index (κ1) is 22.7. The average molecular weight is 508 g/mol. The van der Waals surface area contributed by atoms with Crippen LogP contribution in [0, 0.1) is 6.92 Å². The summed E-state index contributed by atoms with van der Waals surface area (Å²) in [4.78, 5) is 18.4. The molecule has 9 heteroatoms. The third-order valence-corrected chi connectivity index (χ3v) is 7.01. The van der Waals surface area contributed by atoms with Crippen molar-refractivity contribution in [2.45, 2.75) is 6.92 Å². The van der Waals surface area contributed by atoms with Crippen LogP contribution in [0.3, 0.4) is 0 Å². The SMILES string of the molecule is COc1ccc(-c2nc3s/c(=C\c4cn(-c5ccccc5)nc4-c4ccc(O)c(C)c4)c(=O)n3n2)cc1. The molecule has 3 aromatic carbocycles. The number of rotatable bonds is 5. The highest BCUT2D eigenvalue weighted by Crippen LogP contribution is 2.28. The Morgan fingerprint density at radius 2 is 1.73 bits per heavy atom. The van der Waals surface area contributed by atoms with E-state index in [1.807, 2.05) is 85.9 Å². The number of hydrogen-bond donors (Lipinski definition) is 1.